The van der Waals surface area contributed by atoms with E-state index in [9.17, 15) is 4.79 Å². The molecule has 0 bridgehead atoms. The molecular formula is C15H16N2O3S. The van der Waals surface area contributed by atoms with Crippen LogP contribution in [0.5, 0.6) is 5.75 Å². The Bertz CT molecular complexity index is 642. The first kappa shape index (κ1) is 13.9. The first-order valence-electron chi connectivity index (χ1n) is 6.76. The molecular weight excluding hydrogens is 288 g/mol. The number of hydrogen-bond acceptors (Lipinski definition) is 4. The van der Waals surface area contributed by atoms with Crippen molar-refractivity contribution in [2.24, 2.45) is 0 Å². The van der Waals surface area contributed by atoms with Crippen molar-refractivity contribution in [3.63, 3.8) is 0 Å². The van der Waals surface area contributed by atoms with E-state index in [0.29, 0.717) is 13.2 Å². The molecule has 0 saturated heterocycles. The smallest absolute Gasteiger partial charge is 0.407 e. The molecule has 5 nitrogen and oxygen atoms in total. The van der Waals surface area contributed by atoms with Crippen molar-refractivity contribution < 1.29 is 14.6 Å². The minimum absolute atomic E-state index is 0.162. The van der Waals surface area contributed by atoms with E-state index >= 15 is 0 Å². The highest BCUT2D eigenvalue weighted by atomic mass is 32.1. The third-order valence-electron chi connectivity index (χ3n) is 3.68. The van der Waals surface area contributed by atoms with Gasteiger partial charge in [-0.25, -0.2) is 9.78 Å². The average Bonchev–Trinajstić information content (AvgIpc) is 3.01. The number of fused-ring (bicyclic) bond motifs is 1. The van der Waals surface area contributed by atoms with Gasteiger partial charge in [0, 0.05) is 31.1 Å². The van der Waals surface area contributed by atoms with Gasteiger partial charge in [-0.3, -0.25) is 0 Å². The number of likely N-dealkylation sites (N-methyl/N-ethyl adjacent to an activating group) is 1. The monoisotopic (exact) mass is 304 g/mol. The van der Waals surface area contributed by atoms with E-state index in [1.165, 1.54) is 4.90 Å². The number of nitrogens with zero attached hydrogens (tertiary/aromatic N) is 2. The van der Waals surface area contributed by atoms with Gasteiger partial charge in [0.2, 0.25) is 0 Å². The fourth-order valence-electron chi connectivity index (χ4n) is 2.62. The predicted molar refractivity (Wildman–Crippen MR) is 81.1 cm³/mol. The lowest BCUT2D eigenvalue weighted by Crippen LogP contribution is -2.31. The van der Waals surface area contributed by atoms with Gasteiger partial charge in [0.05, 0.1) is 12.2 Å². The third-order valence-corrected chi connectivity index (χ3v) is 4.49. The summed E-state index contributed by atoms with van der Waals surface area (Å²) in [6, 6.07) is 6.00. The van der Waals surface area contributed by atoms with Gasteiger partial charge in [-0.15, -0.1) is 11.3 Å². The van der Waals surface area contributed by atoms with Crippen LogP contribution < -0.4 is 4.74 Å². The number of ether oxygens (including phenoxy) is 1. The van der Waals surface area contributed by atoms with Crippen molar-refractivity contribution in [2.45, 2.75) is 12.3 Å². The van der Waals surface area contributed by atoms with E-state index in [0.717, 1.165) is 28.3 Å². The van der Waals surface area contributed by atoms with Gasteiger partial charge >= 0.3 is 6.09 Å². The summed E-state index contributed by atoms with van der Waals surface area (Å²) in [5, 5.41) is 11.9. The number of carboxylic acid groups (broad SMARTS) is 1. The molecule has 21 heavy (non-hydrogen) atoms. The van der Waals surface area contributed by atoms with Gasteiger partial charge in [0.15, 0.2) is 0 Å². The summed E-state index contributed by atoms with van der Waals surface area (Å²) in [7, 11) is 1.60. The van der Waals surface area contributed by atoms with Crippen molar-refractivity contribution in [1.29, 1.82) is 0 Å². The zero-order valence-corrected chi connectivity index (χ0v) is 12.5. The molecule has 6 heteroatoms. The van der Waals surface area contributed by atoms with Crippen LogP contribution in [-0.2, 0) is 0 Å². The predicted octanol–water partition coefficient (Wildman–Crippen LogP) is 3.29. The van der Waals surface area contributed by atoms with Crippen molar-refractivity contribution in [1.82, 2.24) is 9.88 Å². The van der Waals surface area contributed by atoms with Crippen LogP contribution in [0.25, 0.3) is 10.6 Å². The van der Waals surface area contributed by atoms with Gasteiger partial charge in [0.25, 0.3) is 0 Å². The number of thiazole rings is 1. The minimum Gasteiger partial charge on any atom is -0.493 e. The Hall–Kier alpha value is -2.08. The van der Waals surface area contributed by atoms with Crippen LogP contribution in [0, 0.1) is 0 Å². The molecule has 1 unspecified atom stereocenters. The summed E-state index contributed by atoms with van der Waals surface area (Å²) in [5.41, 5.74) is 2.06. The van der Waals surface area contributed by atoms with Crippen LogP contribution in [0.2, 0.25) is 0 Å². The fraction of sp³-hybridized carbons (Fsp3) is 0.333. The summed E-state index contributed by atoms with van der Waals surface area (Å²) >= 11 is 1.57. The molecule has 1 N–H and O–H groups in total. The Labute approximate surface area is 126 Å². The average molecular weight is 304 g/mol. The molecule has 0 radical (unpaired) electrons. The summed E-state index contributed by atoms with van der Waals surface area (Å²) in [6.07, 6.45) is 1.70. The first-order valence-corrected chi connectivity index (χ1v) is 7.64. The molecule has 3 rings (SSSR count). The van der Waals surface area contributed by atoms with E-state index in [-0.39, 0.29) is 5.92 Å². The number of amides is 1. The Balaban J connectivity index is 1.95. The van der Waals surface area contributed by atoms with Crippen LogP contribution in [0.4, 0.5) is 4.79 Å². The molecule has 110 valence electrons. The van der Waals surface area contributed by atoms with E-state index in [2.05, 4.69) is 4.98 Å². The zero-order valence-electron chi connectivity index (χ0n) is 11.7. The normalized spacial score (nSPS) is 16.9. The molecule has 0 aliphatic carbocycles. The standard InChI is InChI=1S/C15H16N2O3S/c1-17(15(18)19)9-10-5-7-20-13-11(10)3-2-4-12(13)14-16-6-8-21-14/h2-4,6,8,10H,5,7,9H2,1H3,(H,18,19). The van der Waals surface area contributed by atoms with E-state index < -0.39 is 6.09 Å². The second-order valence-electron chi connectivity index (χ2n) is 5.06. The Kier molecular flexibility index (Phi) is 3.79. The zero-order chi connectivity index (χ0) is 14.8. The quantitative estimate of drug-likeness (QED) is 0.945. The van der Waals surface area contributed by atoms with E-state index in [4.69, 9.17) is 9.84 Å². The summed E-state index contributed by atoms with van der Waals surface area (Å²) in [6.45, 7) is 1.08. The van der Waals surface area contributed by atoms with E-state index in [1.807, 2.05) is 23.6 Å². The van der Waals surface area contributed by atoms with Crippen LogP contribution >= 0.6 is 11.3 Å². The minimum atomic E-state index is -0.904. The van der Waals surface area contributed by atoms with Crippen molar-refractivity contribution in [3.05, 3.63) is 35.3 Å². The lowest BCUT2D eigenvalue weighted by Gasteiger charge is -2.29. The van der Waals surface area contributed by atoms with Gasteiger partial charge in [-0.2, -0.15) is 0 Å². The number of aromatic nitrogens is 1. The van der Waals surface area contributed by atoms with Crippen molar-refractivity contribution in [3.8, 4) is 16.3 Å². The SMILES string of the molecule is CN(CC1CCOc2c(-c3nccs3)cccc21)C(=O)O. The van der Waals surface area contributed by atoms with Crippen LogP contribution in [0.15, 0.2) is 29.8 Å². The van der Waals surface area contributed by atoms with Gasteiger partial charge in [0.1, 0.15) is 10.8 Å². The van der Waals surface area contributed by atoms with Crippen LogP contribution in [0.3, 0.4) is 0 Å². The highest BCUT2D eigenvalue weighted by Crippen LogP contribution is 2.41. The van der Waals surface area contributed by atoms with Crippen molar-refractivity contribution in [2.75, 3.05) is 20.2 Å². The van der Waals surface area contributed by atoms with Crippen molar-refractivity contribution >= 4 is 17.4 Å². The lowest BCUT2D eigenvalue weighted by molar-refractivity contribution is 0.149. The summed E-state index contributed by atoms with van der Waals surface area (Å²) in [4.78, 5) is 16.7. The molecule has 1 aliphatic rings. The maximum atomic E-state index is 11.0. The second kappa shape index (κ2) is 5.73. The summed E-state index contributed by atoms with van der Waals surface area (Å²) in [5.74, 6) is 1.01. The maximum absolute atomic E-state index is 11.0. The largest absolute Gasteiger partial charge is 0.493 e. The van der Waals surface area contributed by atoms with Crippen LogP contribution in [-0.4, -0.2) is 41.3 Å². The number of benzene rings is 1. The van der Waals surface area contributed by atoms with Gasteiger partial charge in [-0.05, 0) is 18.1 Å². The molecule has 1 aromatic heterocycles. The number of para-hydroxylation sites is 1. The molecule has 0 spiro atoms. The molecule has 1 atom stereocenters. The van der Waals surface area contributed by atoms with Crippen LogP contribution in [0.1, 0.15) is 17.9 Å². The van der Waals surface area contributed by atoms with Gasteiger partial charge in [-0.1, -0.05) is 12.1 Å². The lowest BCUT2D eigenvalue weighted by atomic mass is 9.91. The third kappa shape index (κ3) is 2.71. The molecule has 1 aliphatic heterocycles. The molecule has 2 aromatic rings. The fourth-order valence-corrected chi connectivity index (χ4v) is 3.28. The first-order chi connectivity index (χ1) is 10.2. The number of rotatable bonds is 3. The topological polar surface area (TPSA) is 62.7 Å². The highest BCUT2D eigenvalue weighted by molar-refractivity contribution is 7.13. The highest BCUT2D eigenvalue weighted by Gasteiger charge is 2.26. The molecule has 0 fully saturated rings. The maximum Gasteiger partial charge on any atom is 0.407 e. The second-order valence-corrected chi connectivity index (χ2v) is 5.95. The molecule has 0 saturated carbocycles. The molecule has 1 aromatic carbocycles. The van der Waals surface area contributed by atoms with Gasteiger partial charge < -0.3 is 14.7 Å². The number of hydrogen-bond donors (Lipinski definition) is 1. The summed E-state index contributed by atoms with van der Waals surface area (Å²) < 4.78 is 5.85. The Morgan fingerprint density at radius 1 is 1.57 bits per heavy atom. The number of carbonyl (C=O) groups is 1. The van der Waals surface area contributed by atoms with E-state index in [1.54, 1.807) is 24.6 Å². The molecule has 2 heterocycles. The Morgan fingerprint density at radius 3 is 3.14 bits per heavy atom. The molecule has 1 amide bonds. The Morgan fingerprint density at radius 2 is 2.43 bits per heavy atom.